The molecule has 0 aromatic heterocycles. The van der Waals surface area contributed by atoms with Crippen molar-refractivity contribution in [1.29, 1.82) is 0 Å². The van der Waals surface area contributed by atoms with Gasteiger partial charge in [-0.05, 0) is 43.6 Å². The molecule has 0 amide bonds. The van der Waals surface area contributed by atoms with Crippen LogP contribution in [-0.2, 0) is 20.7 Å². The van der Waals surface area contributed by atoms with Gasteiger partial charge in [-0.1, -0.05) is 37.3 Å². The summed E-state index contributed by atoms with van der Waals surface area (Å²) < 4.78 is 5.46. The number of carbonyl (C=O) groups excluding carboxylic acids is 2. The van der Waals surface area contributed by atoms with Crippen molar-refractivity contribution < 1.29 is 19.4 Å². The predicted octanol–water partition coefficient (Wildman–Crippen LogP) is 3.31. The number of aliphatic hydroxyl groups excluding tert-OH is 1. The molecule has 1 saturated carbocycles. The fraction of sp³-hybridized carbons (Fsp3) is 0.600. The summed E-state index contributed by atoms with van der Waals surface area (Å²) in [6, 6.07) is 10.1. The number of Topliss-reactive ketones (excluding diaryl/α,β-unsaturated/α-hetero) is 1. The fourth-order valence-electron chi connectivity index (χ4n) is 3.79. The van der Waals surface area contributed by atoms with E-state index in [1.54, 1.807) is 0 Å². The highest BCUT2D eigenvalue weighted by atomic mass is 16.5. The van der Waals surface area contributed by atoms with Gasteiger partial charge in [0, 0.05) is 19.3 Å². The minimum absolute atomic E-state index is 0.00252. The molecular weight excluding hydrogens is 304 g/mol. The van der Waals surface area contributed by atoms with Crippen molar-refractivity contribution in [2.45, 2.75) is 64.6 Å². The van der Waals surface area contributed by atoms with E-state index in [1.165, 1.54) is 12.5 Å². The van der Waals surface area contributed by atoms with Crippen LogP contribution in [0, 0.1) is 11.8 Å². The lowest BCUT2D eigenvalue weighted by Gasteiger charge is -2.23. The van der Waals surface area contributed by atoms with Gasteiger partial charge in [-0.15, -0.1) is 0 Å². The van der Waals surface area contributed by atoms with E-state index in [4.69, 9.17) is 4.74 Å². The Kier molecular flexibility index (Phi) is 6.98. The average Bonchev–Trinajstić information content (AvgIpc) is 2.83. The Bertz CT molecular complexity index is 540. The van der Waals surface area contributed by atoms with E-state index in [-0.39, 0.29) is 36.1 Å². The summed E-state index contributed by atoms with van der Waals surface area (Å²) >= 11 is 0. The molecule has 0 bridgehead atoms. The second kappa shape index (κ2) is 8.97. The average molecular weight is 332 g/mol. The van der Waals surface area contributed by atoms with Gasteiger partial charge in [0.25, 0.3) is 0 Å². The van der Waals surface area contributed by atoms with E-state index in [0.717, 1.165) is 25.7 Å². The van der Waals surface area contributed by atoms with Crippen LogP contribution in [0.15, 0.2) is 30.3 Å². The van der Waals surface area contributed by atoms with Crippen LogP contribution in [0.5, 0.6) is 0 Å². The molecule has 0 spiro atoms. The van der Waals surface area contributed by atoms with Crippen LogP contribution < -0.4 is 0 Å². The molecule has 0 aliphatic heterocycles. The highest BCUT2D eigenvalue weighted by Gasteiger charge is 2.40. The van der Waals surface area contributed by atoms with E-state index in [2.05, 4.69) is 12.1 Å². The second-order valence-electron chi connectivity index (χ2n) is 6.75. The Morgan fingerprint density at radius 1 is 1.29 bits per heavy atom. The first-order valence-corrected chi connectivity index (χ1v) is 8.93. The molecule has 2 rings (SSSR count). The summed E-state index contributed by atoms with van der Waals surface area (Å²) in [6.45, 7) is 3.42. The largest absolute Gasteiger partial charge is 0.463 e. The maximum atomic E-state index is 11.9. The molecule has 1 aliphatic carbocycles. The van der Waals surface area contributed by atoms with Crippen molar-refractivity contribution >= 4 is 11.8 Å². The van der Waals surface area contributed by atoms with Crippen molar-refractivity contribution in [3.8, 4) is 0 Å². The molecule has 4 atom stereocenters. The van der Waals surface area contributed by atoms with Gasteiger partial charge < -0.3 is 9.84 Å². The third-order valence-electron chi connectivity index (χ3n) is 5.03. The van der Waals surface area contributed by atoms with Crippen LogP contribution in [-0.4, -0.2) is 29.1 Å². The fourth-order valence-corrected chi connectivity index (χ4v) is 3.79. The monoisotopic (exact) mass is 332 g/mol. The van der Waals surface area contributed by atoms with Crippen LogP contribution in [0.25, 0.3) is 0 Å². The Hall–Kier alpha value is -1.68. The first-order chi connectivity index (χ1) is 11.5. The molecule has 132 valence electrons. The highest BCUT2D eigenvalue weighted by molar-refractivity contribution is 5.84. The van der Waals surface area contributed by atoms with Gasteiger partial charge in [0.1, 0.15) is 11.9 Å². The maximum absolute atomic E-state index is 11.9. The normalized spacial score (nSPS) is 24.8. The second-order valence-corrected chi connectivity index (χ2v) is 6.75. The van der Waals surface area contributed by atoms with Crippen molar-refractivity contribution in [1.82, 2.24) is 0 Å². The Morgan fingerprint density at radius 2 is 2.00 bits per heavy atom. The smallest absolute Gasteiger partial charge is 0.302 e. The van der Waals surface area contributed by atoms with Crippen LogP contribution in [0.1, 0.15) is 51.5 Å². The number of esters is 1. The topological polar surface area (TPSA) is 63.6 Å². The number of aliphatic hydroxyl groups is 1. The summed E-state index contributed by atoms with van der Waals surface area (Å²) in [7, 11) is 0. The Balaban J connectivity index is 1.91. The summed E-state index contributed by atoms with van der Waals surface area (Å²) in [5.74, 6) is -0.157. The van der Waals surface area contributed by atoms with Crippen LogP contribution in [0.3, 0.4) is 0 Å². The first-order valence-electron chi connectivity index (χ1n) is 8.93. The van der Waals surface area contributed by atoms with Crippen molar-refractivity contribution in [3.63, 3.8) is 0 Å². The Labute approximate surface area is 144 Å². The van der Waals surface area contributed by atoms with Gasteiger partial charge in [-0.3, -0.25) is 9.59 Å². The van der Waals surface area contributed by atoms with Crippen molar-refractivity contribution in [3.05, 3.63) is 35.9 Å². The van der Waals surface area contributed by atoms with E-state index in [0.29, 0.717) is 6.42 Å². The molecule has 0 saturated heterocycles. The number of ketones is 1. The standard InChI is InChI=1S/C20H28O4/c1-3-17-18(20(23)13-19(17)22)12-11-16(24-14(2)21)10-9-15-7-5-4-6-8-15/h4-8,16-18,20,23H,3,9-13H2,1-2H3/t16-,17+,18+,20+/m0/s1. The number of aryl methyl sites for hydroxylation is 1. The molecular formula is C20H28O4. The third kappa shape index (κ3) is 5.17. The molecule has 1 aromatic rings. The predicted molar refractivity (Wildman–Crippen MR) is 92.5 cm³/mol. The number of hydrogen-bond donors (Lipinski definition) is 1. The van der Waals surface area contributed by atoms with Gasteiger partial charge in [-0.2, -0.15) is 0 Å². The van der Waals surface area contributed by atoms with E-state index in [9.17, 15) is 14.7 Å². The van der Waals surface area contributed by atoms with Gasteiger partial charge in [0.2, 0.25) is 0 Å². The zero-order valence-electron chi connectivity index (χ0n) is 14.6. The molecule has 24 heavy (non-hydrogen) atoms. The number of benzene rings is 1. The summed E-state index contributed by atoms with van der Waals surface area (Å²) in [6.07, 6.45) is 3.35. The van der Waals surface area contributed by atoms with Gasteiger partial charge in [0.05, 0.1) is 6.10 Å². The van der Waals surface area contributed by atoms with Gasteiger partial charge in [0.15, 0.2) is 0 Å². The maximum Gasteiger partial charge on any atom is 0.302 e. The SMILES string of the molecule is CC[C@H]1C(=O)C[C@@H](O)[C@@H]1CC[C@H](CCc1ccccc1)OC(C)=O. The minimum atomic E-state index is -0.547. The van der Waals surface area contributed by atoms with E-state index >= 15 is 0 Å². The lowest BCUT2D eigenvalue weighted by Crippen LogP contribution is -2.24. The molecule has 1 aliphatic rings. The minimum Gasteiger partial charge on any atom is -0.463 e. The van der Waals surface area contributed by atoms with Crippen LogP contribution in [0.4, 0.5) is 0 Å². The van der Waals surface area contributed by atoms with Crippen LogP contribution in [0.2, 0.25) is 0 Å². The summed E-state index contributed by atoms with van der Waals surface area (Å²) in [5, 5.41) is 10.1. The van der Waals surface area contributed by atoms with Crippen LogP contribution >= 0.6 is 0 Å². The molecule has 0 unspecified atom stereocenters. The lowest BCUT2D eigenvalue weighted by molar-refractivity contribution is -0.147. The number of carbonyl (C=O) groups is 2. The van der Waals surface area contributed by atoms with E-state index in [1.807, 2.05) is 25.1 Å². The quantitative estimate of drug-likeness (QED) is 0.742. The Morgan fingerprint density at radius 3 is 2.62 bits per heavy atom. The number of ether oxygens (including phenoxy) is 1. The summed E-state index contributed by atoms with van der Waals surface area (Å²) in [4.78, 5) is 23.3. The van der Waals surface area contributed by atoms with Gasteiger partial charge in [-0.25, -0.2) is 0 Å². The zero-order chi connectivity index (χ0) is 17.5. The number of hydrogen-bond acceptors (Lipinski definition) is 4. The van der Waals surface area contributed by atoms with Crippen molar-refractivity contribution in [2.75, 3.05) is 0 Å². The third-order valence-corrected chi connectivity index (χ3v) is 5.03. The molecule has 1 aromatic carbocycles. The molecule has 4 heteroatoms. The lowest BCUT2D eigenvalue weighted by atomic mass is 9.86. The van der Waals surface area contributed by atoms with Crippen molar-refractivity contribution in [2.24, 2.45) is 11.8 Å². The van der Waals surface area contributed by atoms with Gasteiger partial charge >= 0.3 is 5.97 Å². The summed E-state index contributed by atoms with van der Waals surface area (Å²) in [5.41, 5.74) is 1.22. The van der Waals surface area contributed by atoms with E-state index < -0.39 is 6.10 Å². The first kappa shape index (κ1) is 18.7. The highest BCUT2D eigenvalue weighted by Crippen LogP contribution is 2.35. The molecule has 0 radical (unpaired) electrons. The molecule has 1 fully saturated rings. The number of rotatable bonds is 8. The molecule has 0 heterocycles. The molecule has 1 N–H and O–H groups in total. The zero-order valence-corrected chi connectivity index (χ0v) is 14.6. The molecule has 4 nitrogen and oxygen atoms in total.